The Hall–Kier alpha value is -0.680. The Labute approximate surface area is 102 Å². The minimum atomic E-state index is -0.285. The van der Waals surface area contributed by atoms with Gasteiger partial charge in [0.1, 0.15) is 0 Å². The lowest BCUT2D eigenvalue weighted by atomic mass is 9.86. The molecule has 1 aliphatic carbocycles. The maximum absolute atomic E-state index is 13.6. The third-order valence-electron chi connectivity index (χ3n) is 3.45. The second kappa shape index (κ2) is 3.40. The van der Waals surface area contributed by atoms with Crippen LogP contribution in [0, 0.1) is 11.7 Å². The molecule has 86 valence electrons. The maximum Gasteiger partial charge on any atom is 0.166 e. The Morgan fingerprint density at radius 3 is 2.75 bits per heavy atom. The molecule has 1 aromatic heterocycles. The summed E-state index contributed by atoms with van der Waals surface area (Å²) in [6, 6.07) is 1.44. The van der Waals surface area contributed by atoms with Crippen molar-refractivity contribution in [3.8, 4) is 0 Å². The molecule has 1 saturated heterocycles. The van der Waals surface area contributed by atoms with Gasteiger partial charge in [-0.15, -0.1) is 0 Å². The third kappa shape index (κ3) is 1.62. The Morgan fingerprint density at radius 2 is 2.19 bits per heavy atom. The minimum Gasteiger partial charge on any atom is -0.350 e. The lowest BCUT2D eigenvalue weighted by Crippen LogP contribution is -2.69. The number of hydrogen-bond acceptors (Lipinski definition) is 3. The number of pyridine rings is 1. The first-order chi connectivity index (χ1) is 7.58. The molecule has 5 heteroatoms. The molecule has 1 aliphatic heterocycles. The first kappa shape index (κ1) is 10.5. The number of hydrogen-bond donors (Lipinski definition) is 1. The summed E-state index contributed by atoms with van der Waals surface area (Å²) in [5, 5.41) is 0. The van der Waals surface area contributed by atoms with Crippen LogP contribution in [0.25, 0.3) is 0 Å². The van der Waals surface area contributed by atoms with Crippen LogP contribution >= 0.6 is 15.9 Å². The fourth-order valence-corrected chi connectivity index (χ4v) is 2.67. The molecule has 0 radical (unpaired) electrons. The van der Waals surface area contributed by atoms with Gasteiger partial charge in [0.15, 0.2) is 11.6 Å². The van der Waals surface area contributed by atoms with Crippen molar-refractivity contribution in [2.24, 2.45) is 11.7 Å². The molecule has 3 nitrogen and oxygen atoms in total. The standard InChI is InChI=1S/C11H13BrFN3/c12-8-3-9(13)10(15-4-8)16-5-11(14,6-16)7-1-2-7/h3-4,7H,1-2,5-6,14H2. The van der Waals surface area contributed by atoms with Gasteiger partial charge in [-0.25, -0.2) is 9.37 Å². The van der Waals surface area contributed by atoms with Gasteiger partial charge < -0.3 is 10.6 Å². The Kier molecular flexibility index (Phi) is 2.23. The third-order valence-corrected chi connectivity index (χ3v) is 3.88. The highest BCUT2D eigenvalue weighted by Crippen LogP contribution is 2.44. The van der Waals surface area contributed by atoms with Gasteiger partial charge in [-0.05, 0) is 40.8 Å². The van der Waals surface area contributed by atoms with E-state index in [4.69, 9.17) is 5.73 Å². The summed E-state index contributed by atoms with van der Waals surface area (Å²) in [4.78, 5) is 6.01. The van der Waals surface area contributed by atoms with E-state index in [0.717, 1.165) is 13.1 Å². The fourth-order valence-electron chi connectivity index (χ4n) is 2.37. The fraction of sp³-hybridized carbons (Fsp3) is 0.545. The number of nitrogens with two attached hydrogens (primary N) is 1. The van der Waals surface area contributed by atoms with Crippen LogP contribution in [-0.2, 0) is 0 Å². The number of nitrogens with zero attached hydrogens (tertiary/aromatic N) is 2. The zero-order chi connectivity index (χ0) is 11.3. The molecule has 0 spiro atoms. The normalized spacial score (nSPS) is 23.1. The van der Waals surface area contributed by atoms with Crippen LogP contribution in [-0.4, -0.2) is 23.6 Å². The molecule has 3 rings (SSSR count). The van der Waals surface area contributed by atoms with Gasteiger partial charge in [-0.2, -0.15) is 0 Å². The summed E-state index contributed by atoms with van der Waals surface area (Å²) in [5.74, 6) is 0.777. The van der Waals surface area contributed by atoms with Crippen LogP contribution in [0.1, 0.15) is 12.8 Å². The second-order valence-electron chi connectivity index (χ2n) is 4.82. The van der Waals surface area contributed by atoms with E-state index >= 15 is 0 Å². The molecular formula is C11H13BrFN3. The van der Waals surface area contributed by atoms with Crippen molar-refractivity contribution in [2.45, 2.75) is 18.4 Å². The Morgan fingerprint density at radius 1 is 1.50 bits per heavy atom. The van der Waals surface area contributed by atoms with E-state index in [9.17, 15) is 4.39 Å². The molecule has 2 aliphatic rings. The largest absolute Gasteiger partial charge is 0.350 e. The molecule has 0 bridgehead atoms. The summed E-state index contributed by atoms with van der Waals surface area (Å²) in [6.45, 7) is 1.45. The van der Waals surface area contributed by atoms with Crippen molar-refractivity contribution < 1.29 is 4.39 Å². The molecule has 16 heavy (non-hydrogen) atoms. The lowest BCUT2D eigenvalue weighted by Gasteiger charge is -2.48. The minimum absolute atomic E-state index is 0.0960. The smallest absolute Gasteiger partial charge is 0.166 e. The molecule has 2 N–H and O–H groups in total. The highest BCUT2D eigenvalue weighted by atomic mass is 79.9. The van der Waals surface area contributed by atoms with Crippen LogP contribution in [0.4, 0.5) is 10.2 Å². The van der Waals surface area contributed by atoms with E-state index in [0.29, 0.717) is 16.2 Å². The van der Waals surface area contributed by atoms with Gasteiger partial charge in [0.25, 0.3) is 0 Å². The van der Waals surface area contributed by atoms with Crippen LogP contribution in [0.5, 0.6) is 0 Å². The predicted molar refractivity (Wildman–Crippen MR) is 63.8 cm³/mol. The molecule has 0 unspecified atom stereocenters. The summed E-state index contributed by atoms with van der Waals surface area (Å²) in [6.07, 6.45) is 4.06. The Bertz CT molecular complexity index is 427. The zero-order valence-corrected chi connectivity index (χ0v) is 10.4. The molecule has 0 amide bonds. The predicted octanol–water partition coefficient (Wildman–Crippen LogP) is 1.91. The van der Waals surface area contributed by atoms with Crippen molar-refractivity contribution in [1.82, 2.24) is 4.98 Å². The molecule has 1 saturated carbocycles. The van der Waals surface area contributed by atoms with E-state index in [2.05, 4.69) is 20.9 Å². The van der Waals surface area contributed by atoms with Crippen molar-refractivity contribution in [3.63, 3.8) is 0 Å². The van der Waals surface area contributed by atoms with Crippen LogP contribution in [0.3, 0.4) is 0 Å². The van der Waals surface area contributed by atoms with E-state index in [1.165, 1.54) is 18.9 Å². The number of rotatable bonds is 2. The molecular weight excluding hydrogens is 273 g/mol. The monoisotopic (exact) mass is 285 g/mol. The molecule has 0 aromatic carbocycles. The maximum atomic E-state index is 13.6. The van der Waals surface area contributed by atoms with E-state index in [1.807, 2.05) is 4.90 Å². The number of anilines is 1. The SMILES string of the molecule is NC1(C2CC2)CN(c2ncc(Br)cc2F)C1. The average molecular weight is 286 g/mol. The molecule has 1 aromatic rings. The van der Waals surface area contributed by atoms with E-state index in [-0.39, 0.29) is 11.4 Å². The van der Waals surface area contributed by atoms with Gasteiger partial charge in [-0.1, -0.05) is 0 Å². The lowest BCUT2D eigenvalue weighted by molar-refractivity contribution is 0.286. The molecule has 2 fully saturated rings. The van der Waals surface area contributed by atoms with Crippen molar-refractivity contribution in [1.29, 1.82) is 0 Å². The molecule has 2 heterocycles. The first-order valence-electron chi connectivity index (χ1n) is 5.43. The summed E-state index contributed by atoms with van der Waals surface area (Å²) in [5.41, 5.74) is 6.12. The zero-order valence-electron chi connectivity index (χ0n) is 8.79. The van der Waals surface area contributed by atoms with E-state index < -0.39 is 0 Å². The van der Waals surface area contributed by atoms with Gasteiger partial charge in [-0.3, -0.25) is 0 Å². The van der Waals surface area contributed by atoms with E-state index in [1.54, 1.807) is 6.20 Å². The molecule has 0 atom stereocenters. The first-order valence-corrected chi connectivity index (χ1v) is 6.23. The second-order valence-corrected chi connectivity index (χ2v) is 5.74. The number of aromatic nitrogens is 1. The summed E-state index contributed by atoms with van der Waals surface area (Å²) in [7, 11) is 0. The Balaban J connectivity index is 1.75. The van der Waals surface area contributed by atoms with Crippen LogP contribution < -0.4 is 10.6 Å². The van der Waals surface area contributed by atoms with Crippen LogP contribution in [0.2, 0.25) is 0 Å². The average Bonchev–Trinajstić information content (AvgIpc) is 2.97. The topological polar surface area (TPSA) is 42.1 Å². The quantitative estimate of drug-likeness (QED) is 0.903. The highest BCUT2D eigenvalue weighted by molar-refractivity contribution is 9.10. The van der Waals surface area contributed by atoms with Gasteiger partial charge in [0, 0.05) is 23.8 Å². The summed E-state index contributed by atoms with van der Waals surface area (Å²) < 4.78 is 14.3. The van der Waals surface area contributed by atoms with Crippen molar-refractivity contribution >= 4 is 21.7 Å². The van der Waals surface area contributed by atoms with Gasteiger partial charge >= 0.3 is 0 Å². The highest BCUT2D eigenvalue weighted by Gasteiger charge is 2.51. The van der Waals surface area contributed by atoms with Crippen molar-refractivity contribution in [3.05, 3.63) is 22.6 Å². The van der Waals surface area contributed by atoms with Gasteiger partial charge in [0.05, 0.1) is 5.54 Å². The van der Waals surface area contributed by atoms with Crippen molar-refractivity contribution in [2.75, 3.05) is 18.0 Å². The number of halogens is 2. The van der Waals surface area contributed by atoms with Gasteiger partial charge in [0.2, 0.25) is 0 Å². The van der Waals surface area contributed by atoms with Crippen LogP contribution in [0.15, 0.2) is 16.7 Å². The summed E-state index contributed by atoms with van der Waals surface area (Å²) >= 11 is 3.20.